The highest BCUT2D eigenvalue weighted by Crippen LogP contribution is 2.23. The van der Waals surface area contributed by atoms with Crippen LogP contribution >= 0.6 is 15.9 Å². The molecule has 3 rings (SSSR count). The van der Waals surface area contributed by atoms with Gasteiger partial charge in [0.05, 0.1) is 0 Å². The predicted octanol–water partition coefficient (Wildman–Crippen LogP) is 4.63. The number of H-pyrrole nitrogens is 1. The van der Waals surface area contributed by atoms with E-state index in [1.54, 1.807) is 18.2 Å². The van der Waals surface area contributed by atoms with Crippen molar-refractivity contribution in [2.45, 2.75) is 6.92 Å². The molecular weight excluding hydrogens is 335 g/mol. The Morgan fingerprint density at radius 2 is 1.90 bits per heavy atom. The molecule has 0 unspecified atom stereocenters. The fourth-order valence-corrected chi connectivity index (χ4v) is 2.53. The average Bonchev–Trinajstić information content (AvgIpc) is 2.78. The summed E-state index contributed by atoms with van der Waals surface area (Å²) in [4.78, 5) is 15.3. The van der Waals surface area contributed by atoms with Gasteiger partial charge in [-0.2, -0.15) is 0 Å². The highest BCUT2D eigenvalue weighted by molar-refractivity contribution is 9.10. The van der Waals surface area contributed by atoms with E-state index in [9.17, 15) is 9.18 Å². The van der Waals surface area contributed by atoms with Gasteiger partial charge < -0.3 is 10.3 Å². The summed E-state index contributed by atoms with van der Waals surface area (Å²) in [5.41, 5.74) is 2.57. The van der Waals surface area contributed by atoms with Crippen molar-refractivity contribution in [1.29, 1.82) is 0 Å². The van der Waals surface area contributed by atoms with Gasteiger partial charge in [-0.05, 0) is 55.0 Å². The second-order valence-corrected chi connectivity index (χ2v) is 5.69. The van der Waals surface area contributed by atoms with Crippen LogP contribution in [-0.4, -0.2) is 10.9 Å². The lowest BCUT2D eigenvalue weighted by Gasteiger charge is -2.04. The van der Waals surface area contributed by atoms with E-state index in [-0.39, 0.29) is 11.7 Å². The predicted molar refractivity (Wildman–Crippen MR) is 85.1 cm³/mol. The van der Waals surface area contributed by atoms with Crippen molar-refractivity contribution in [1.82, 2.24) is 4.98 Å². The van der Waals surface area contributed by atoms with Gasteiger partial charge in [-0.1, -0.05) is 15.9 Å². The number of nitrogens with one attached hydrogen (secondary N) is 2. The van der Waals surface area contributed by atoms with Crippen LogP contribution in [0.15, 0.2) is 46.9 Å². The first-order valence-electron chi connectivity index (χ1n) is 6.39. The molecule has 0 atom stereocenters. The van der Waals surface area contributed by atoms with E-state index in [0.717, 1.165) is 15.4 Å². The normalized spacial score (nSPS) is 10.8. The van der Waals surface area contributed by atoms with Gasteiger partial charge in [0, 0.05) is 21.1 Å². The summed E-state index contributed by atoms with van der Waals surface area (Å²) >= 11 is 3.34. The lowest BCUT2D eigenvalue weighted by molar-refractivity contribution is 0.102. The van der Waals surface area contributed by atoms with Crippen LogP contribution in [0.2, 0.25) is 0 Å². The zero-order valence-corrected chi connectivity index (χ0v) is 12.8. The van der Waals surface area contributed by atoms with Gasteiger partial charge in [-0.25, -0.2) is 4.39 Å². The van der Waals surface area contributed by atoms with Crippen LogP contribution in [0, 0.1) is 12.7 Å². The molecule has 106 valence electrons. The topological polar surface area (TPSA) is 44.9 Å². The molecule has 2 N–H and O–H groups in total. The third-order valence-electron chi connectivity index (χ3n) is 3.35. The summed E-state index contributed by atoms with van der Waals surface area (Å²) in [5, 5.41) is 3.66. The highest BCUT2D eigenvalue weighted by atomic mass is 79.9. The fourth-order valence-electron chi connectivity index (χ4n) is 2.26. The van der Waals surface area contributed by atoms with Crippen molar-refractivity contribution in [3.63, 3.8) is 0 Å². The second kappa shape index (κ2) is 5.33. The number of rotatable bonds is 2. The molecule has 0 fully saturated rings. The number of carbonyl (C=O) groups is 1. The number of aromatic amines is 1. The zero-order chi connectivity index (χ0) is 15.0. The van der Waals surface area contributed by atoms with Gasteiger partial charge in [-0.15, -0.1) is 0 Å². The summed E-state index contributed by atoms with van der Waals surface area (Å²) in [6.07, 6.45) is 0. The molecule has 2 aromatic carbocycles. The van der Waals surface area contributed by atoms with Crippen LogP contribution in [0.1, 0.15) is 16.1 Å². The Bertz CT molecular complexity index is 824. The quantitative estimate of drug-likeness (QED) is 0.698. The molecule has 0 spiro atoms. The highest BCUT2D eigenvalue weighted by Gasteiger charge is 2.15. The Kier molecular flexibility index (Phi) is 3.51. The molecule has 21 heavy (non-hydrogen) atoms. The van der Waals surface area contributed by atoms with Crippen LogP contribution in [0.25, 0.3) is 10.9 Å². The third kappa shape index (κ3) is 2.69. The third-order valence-corrected chi connectivity index (χ3v) is 3.88. The number of amides is 1. The number of hydrogen-bond acceptors (Lipinski definition) is 1. The van der Waals surface area contributed by atoms with E-state index in [0.29, 0.717) is 16.9 Å². The minimum absolute atomic E-state index is 0.244. The maximum atomic E-state index is 13.2. The number of fused-ring (bicyclic) bond motifs is 1. The summed E-state index contributed by atoms with van der Waals surface area (Å²) in [7, 11) is 0. The molecule has 0 aliphatic carbocycles. The number of carbonyl (C=O) groups excluding carboxylic acids is 1. The van der Waals surface area contributed by atoms with E-state index in [1.165, 1.54) is 12.1 Å². The van der Waals surface area contributed by atoms with Crippen molar-refractivity contribution in [3.05, 3.63) is 64.0 Å². The van der Waals surface area contributed by atoms with Crippen molar-refractivity contribution in [2.24, 2.45) is 0 Å². The summed E-state index contributed by atoms with van der Waals surface area (Å²) in [6.45, 7) is 1.84. The molecule has 0 aliphatic rings. The van der Waals surface area contributed by atoms with Crippen LogP contribution in [-0.2, 0) is 0 Å². The van der Waals surface area contributed by atoms with Gasteiger partial charge in [0.15, 0.2) is 0 Å². The minimum atomic E-state index is -0.330. The molecule has 0 saturated carbocycles. The van der Waals surface area contributed by atoms with E-state index >= 15 is 0 Å². The van der Waals surface area contributed by atoms with Crippen molar-refractivity contribution in [2.75, 3.05) is 5.32 Å². The second-order valence-electron chi connectivity index (χ2n) is 4.78. The van der Waals surface area contributed by atoms with Crippen molar-refractivity contribution >= 4 is 38.4 Å². The van der Waals surface area contributed by atoms with Crippen molar-refractivity contribution < 1.29 is 9.18 Å². The molecule has 0 aliphatic heterocycles. The molecule has 0 saturated heterocycles. The SMILES string of the molecule is Cc1c(C(=O)Nc2ccc(Br)cc2)[nH]c2cc(F)ccc12. The maximum Gasteiger partial charge on any atom is 0.272 e. The molecule has 3 aromatic rings. The Hall–Kier alpha value is -2.14. The molecule has 5 heteroatoms. The molecule has 3 nitrogen and oxygen atoms in total. The first-order valence-corrected chi connectivity index (χ1v) is 7.18. The van der Waals surface area contributed by atoms with Gasteiger partial charge in [-0.3, -0.25) is 4.79 Å². The summed E-state index contributed by atoms with van der Waals surface area (Å²) in [6, 6.07) is 11.8. The standard InChI is InChI=1S/C16H12BrFN2O/c1-9-13-7-4-11(18)8-14(13)20-15(9)16(21)19-12-5-2-10(17)3-6-12/h2-8,20H,1H3,(H,19,21). The van der Waals surface area contributed by atoms with Crippen LogP contribution in [0.3, 0.4) is 0 Å². The smallest absolute Gasteiger partial charge is 0.272 e. The van der Waals surface area contributed by atoms with Gasteiger partial charge in [0.2, 0.25) is 0 Å². The Balaban J connectivity index is 1.94. The van der Waals surface area contributed by atoms with Gasteiger partial charge >= 0.3 is 0 Å². The Morgan fingerprint density at radius 3 is 2.62 bits per heavy atom. The average molecular weight is 347 g/mol. The number of aryl methyl sites for hydroxylation is 1. The summed E-state index contributed by atoms with van der Waals surface area (Å²) in [5.74, 6) is -0.574. The van der Waals surface area contributed by atoms with Crippen LogP contribution in [0.5, 0.6) is 0 Å². The first-order chi connectivity index (χ1) is 10.0. The molecular formula is C16H12BrFN2O. The molecule has 0 radical (unpaired) electrons. The van der Waals surface area contributed by atoms with Crippen LogP contribution < -0.4 is 5.32 Å². The zero-order valence-electron chi connectivity index (χ0n) is 11.2. The molecule has 1 aromatic heterocycles. The molecule has 0 bridgehead atoms. The largest absolute Gasteiger partial charge is 0.350 e. The number of halogens is 2. The first kappa shape index (κ1) is 13.8. The van der Waals surface area contributed by atoms with Crippen molar-refractivity contribution in [3.8, 4) is 0 Å². The number of hydrogen-bond donors (Lipinski definition) is 2. The van der Waals surface area contributed by atoms with E-state index < -0.39 is 0 Å². The Labute approximate surface area is 129 Å². The number of aromatic nitrogens is 1. The maximum absolute atomic E-state index is 13.2. The lowest BCUT2D eigenvalue weighted by atomic mass is 10.1. The van der Waals surface area contributed by atoms with Gasteiger partial charge in [0.1, 0.15) is 11.5 Å². The number of anilines is 1. The summed E-state index contributed by atoms with van der Waals surface area (Å²) < 4.78 is 14.2. The van der Waals surface area contributed by atoms with E-state index in [2.05, 4.69) is 26.2 Å². The molecule has 1 amide bonds. The van der Waals surface area contributed by atoms with E-state index in [4.69, 9.17) is 0 Å². The van der Waals surface area contributed by atoms with Crippen LogP contribution in [0.4, 0.5) is 10.1 Å². The lowest BCUT2D eigenvalue weighted by Crippen LogP contribution is -2.13. The van der Waals surface area contributed by atoms with E-state index in [1.807, 2.05) is 19.1 Å². The Morgan fingerprint density at radius 1 is 1.19 bits per heavy atom. The van der Waals surface area contributed by atoms with Gasteiger partial charge in [0.25, 0.3) is 5.91 Å². The monoisotopic (exact) mass is 346 g/mol. The minimum Gasteiger partial charge on any atom is -0.350 e. The fraction of sp³-hybridized carbons (Fsp3) is 0.0625. The molecule has 1 heterocycles. The number of benzene rings is 2.